The molecule has 3 aromatic rings. The standard InChI is InChI=1S/C33H42N6O6/c1-32(2,3)45-31(43)38-33(4,5)30(42)36-25(20-44-19-22-12-8-6-9-13-22)28(40)37-26-18-39(21-34-26)27(23-14-10-7-11-15-23)29(41)35-24-16-17-24/h6-15,18,21,24-25,27H,16-17,19-20H2,1-5H3,(H,35,41)(H,36,42)(H,37,40)(H,38,43)/t25-,27?/m1/s1. The highest BCUT2D eigenvalue weighted by atomic mass is 16.6. The van der Waals surface area contributed by atoms with E-state index in [1.165, 1.54) is 20.2 Å². The number of carbonyl (C=O) groups excluding carboxylic acids is 4. The van der Waals surface area contributed by atoms with Crippen molar-refractivity contribution in [1.82, 2.24) is 25.5 Å². The lowest BCUT2D eigenvalue weighted by molar-refractivity contribution is -0.131. The Morgan fingerprint density at radius 3 is 2.20 bits per heavy atom. The van der Waals surface area contributed by atoms with Crippen LogP contribution in [0.3, 0.4) is 0 Å². The summed E-state index contributed by atoms with van der Waals surface area (Å²) in [6, 6.07) is 17.0. The minimum atomic E-state index is -1.42. The average Bonchev–Trinajstić information content (AvgIpc) is 3.67. The Bertz CT molecular complexity index is 1460. The number of nitrogens with one attached hydrogen (secondary N) is 4. The van der Waals surface area contributed by atoms with Gasteiger partial charge in [0.1, 0.15) is 23.2 Å². The first-order valence-corrected chi connectivity index (χ1v) is 14.9. The van der Waals surface area contributed by atoms with Crippen molar-refractivity contribution in [2.24, 2.45) is 0 Å². The molecule has 4 N–H and O–H groups in total. The van der Waals surface area contributed by atoms with E-state index in [1.54, 1.807) is 31.5 Å². The largest absolute Gasteiger partial charge is 0.444 e. The number of carbonyl (C=O) groups is 4. The lowest BCUT2D eigenvalue weighted by atomic mass is 10.0. The SMILES string of the molecule is CC(C)(C)OC(=O)NC(C)(C)C(=O)N[C@H](COCc1ccccc1)C(=O)Nc1cn(C(C(=O)NC2CC2)c2ccccc2)cn1. The maximum atomic E-state index is 13.5. The molecule has 1 aliphatic rings. The third-order valence-corrected chi connectivity index (χ3v) is 6.84. The molecule has 12 nitrogen and oxygen atoms in total. The topological polar surface area (TPSA) is 153 Å². The van der Waals surface area contributed by atoms with Crippen molar-refractivity contribution in [3.8, 4) is 0 Å². The van der Waals surface area contributed by atoms with Crippen LogP contribution in [0.5, 0.6) is 0 Å². The van der Waals surface area contributed by atoms with Crippen molar-refractivity contribution < 1.29 is 28.7 Å². The zero-order valence-electron chi connectivity index (χ0n) is 26.3. The van der Waals surface area contributed by atoms with E-state index in [2.05, 4.69) is 26.3 Å². The second kappa shape index (κ2) is 14.4. The monoisotopic (exact) mass is 618 g/mol. The van der Waals surface area contributed by atoms with Gasteiger partial charge in [0.25, 0.3) is 5.91 Å². The number of hydrogen-bond donors (Lipinski definition) is 4. The van der Waals surface area contributed by atoms with Crippen molar-refractivity contribution in [1.29, 1.82) is 0 Å². The normalized spacial score (nSPS) is 14.5. The Hall–Kier alpha value is -4.71. The van der Waals surface area contributed by atoms with E-state index < -0.39 is 41.1 Å². The Kier molecular flexibility index (Phi) is 10.6. The van der Waals surface area contributed by atoms with Crippen LogP contribution in [0.15, 0.2) is 73.2 Å². The molecule has 1 saturated carbocycles. The molecule has 1 unspecified atom stereocenters. The van der Waals surface area contributed by atoms with Gasteiger partial charge in [0.05, 0.1) is 19.5 Å². The van der Waals surface area contributed by atoms with Gasteiger partial charge in [-0.2, -0.15) is 0 Å². The maximum absolute atomic E-state index is 13.5. The molecular weight excluding hydrogens is 576 g/mol. The molecule has 12 heteroatoms. The van der Waals surface area contributed by atoms with Gasteiger partial charge in [0.15, 0.2) is 5.82 Å². The summed E-state index contributed by atoms with van der Waals surface area (Å²) in [5.74, 6) is -1.19. The smallest absolute Gasteiger partial charge is 0.408 e. The van der Waals surface area contributed by atoms with Crippen LogP contribution < -0.4 is 21.3 Å². The molecule has 0 radical (unpaired) electrons. The third-order valence-electron chi connectivity index (χ3n) is 6.84. The maximum Gasteiger partial charge on any atom is 0.408 e. The molecule has 45 heavy (non-hydrogen) atoms. The van der Waals surface area contributed by atoms with E-state index >= 15 is 0 Å². The molecule has 2 atom stereocenters. The number of aromatic nitrogens is 2. The van der Waals surface area contributed by atoms with E-state index in [0.717, 1.165) is 24.0 Å². The van der Waals surface area contributed by atoms with Crippen LogP contribution in [0.2, 0.25) is 0 Å². The molecule has 1 aliphatic carbocycles. The first-order valence-electron chi connectivity index (χ1n) is 14.9. The minimum absolute atomic E-state index is 0.161. The molecule has 2 aromatic carbocycles. The van der Waals surface area contributed by atoms with Crippen molar-refractivity contribution >= 4 is 29.6 Å². The van der Waals surface area contributed by atoms with Crippen LogP contribution in [0.1, 0.15) is 64.6 Å². The number of amides is 4. The number of alkyl carbamates (subject to hydrolysis) is 1. The first-order chi connectivity index (χ1) is 21.3. The lowest BCUT2D eigenvalue weighted by Gasteiger charge is -2.29. The highest BCUT2D eigenvalue weighted by Gasteiger charge is 2.35. The number of nitrogens with zero attached hydrogens (tertiary/aromatic N) is 2. The van der Waals surface area contributed by atoms with Crippen LogP contribution in [0, 0.1) is 0 Å². The number of anilines is 1. The van der Waals surface area contributed by atoms with E-state index in [-0.39, 0.29) is 31.0 Å². The summed E-state index contributed by atoms with van der Waals surface area (Å²) in [4.78, 5) is 56.7. The number of rotatable bonds is 13. The van der Waals surface area contributed by atoms with E-state index in [0.29, 0.717) is 0 Å². The third kappa shape index (κ3) is 10.2. The van der Waals surface area contributed by atoms with Crippen LogP contribution in [-0.4, -0.2) is 63.2 Å². The van der Waals surface area contributed by atoms with Crippen LogP contribution >= 0.6 is 0 Å². The second-order valence-electron chi connectivity index (χ2n) is 12.6. The lowest BCUT2D eigenvalue weighted by Crippen LogP contribution is -2.59. The van der Waals surface area contributed by atoms with Gasteiger partial charge in [-0.1, -0.05) is 60.7 Å². The summed E-state index contributed by atoms with van der Waals surface area (Å²) in [6.45, 7) is 8.21. The molecule has 4 amide bonds. The van der Waals surface area contributed by atoms with Gasteiger partial charge >= 0.3 is 6.09 Å². The van der Waals surface area contributed by atoms with Crippen molar-refractivity contribution in [2.45, 2.75) is 83.3 Å². The van der Waals surface area contributed by atoms with Crippen LogP contribution in [0.25, 0.3) is 0 Å². The minimum Gasteiger partial charge on any atom is -0.444 e. The predicted molar refractivity (Wildman–Crippen MR) is 168 cm³/mol. The van der Waals surface area contributed by atoms with E-state index in [9.17, 15) is 19.2 Å². The highest BCUT2D eigenvalue weighted by molar-refractivity contribution is 5.98. The number of imidazole rings is 1. The molecule has 1 fully saturated rings. The number of ether oxygens (including phenoxy) is 2. The van der Waals surface area contributed by atoms with Gasteiger partial charge in [-0.25, -0.2) is 9.78 Å². The number of hydrogen-bond acceptors (Lipinski definition) is 7. The molecule has 0 saturated heterocycles. The molecule has 0 aliphatic heterocycles. The second-order valence-corrected chi connectivity index (χ2v) is 12.6. The fourth-order valence-electron chi connectivity index (χ4n) is 4.36. The molecule has 240 valence electrons. The van der Waals surface area contributed by atoms with Gasteiger partial charge in [-0.05, 0) is 58.6 Å². The van der Waals surface area contributed by atoms with Crippen molar-refractivity contribution in [2.75, 3.05) is 11.9 Å². The predicted octanol–water partition coefficient (Wildman–Crippen LogP) is 3.69. The number of benzene rings is 2. The summed E-state index contributed by atoms with van der Waals surface area (Å²) >= 11 is 0. The molecule has 0 spiro atoms. The van der Waals surface area contributed by atoms with Crippen LogP contribution in [-0.2, 0) is 30.5 Å². The van der Waals surface area contributed by atoms with Crippen molar-refractivity contribution in [3.63, 3.8) is 0 Å². The Morgan fingerprint density at radius 1 is 0.933 bits per heavy atom. The molecule has 1 heterocycles. The zero-order chi connectivity index (χ0) is 32.6. The molecule has 0 bridgehead atoms. The molecule has 1 aromatic heterocycles. The molecule has 4 rings (SSSR count). The Balaban J connectivity index is 1.48. The highest BCUT2D eigenvalue weighted by Crippen LogP contribution is 2.24. The Morgan fingerprint density at radius 2 is 1.58 bits per heavy atom. The van der Waals surface area contributed by atoms with Gasteiger partial charge < -0.3 is 35.3 Å². The van der Waals surface area contributed by atoms with Gasteiger partial charge in [-0.3, -0.25) is 14.4 Å². The summed E-state index contributed by atoms with van der Waals surface area (Å²) < 4.78 is 12.7. The average molecular weight is 619 g/mol. The van der Waals surface area contributed by atoms with Crippen molar-refractivity contribution in [3.05, 3.63) is 84.3 Å². The fraction of sp³-hybridized carbons (Fsp3) is 0.424. The summed E-state index contributed by atoms with van der Waals surface area (Å²) in [6.07, 6.45) is 4.17. The van der Waals surface area contributed by atoms with Gasteiger partial charge in [0.2, 0.25) is 11.8 Å². The summed E-state index contributed by atoms with van der Waals surface area (Å²) in [5.41, 5.74) is -0.513. The summed E-state index contributed by atoms with van der Waals surface area (Å²) in [7, 11) is 0. The zero-order valence-corrected chi connectivity index (χ0v) is 26.3. The van der Waals surface area contributed by atoms with Gasteiger partial charge in [-0.15, -0.1) is 0 Å². The Labute approximate surface area is 263 Å². The molecular formula is C33H42N6O6. The quantitative estimate of drug-likeness (QED) is 0.228. The van der Waals surface area contributed by atoms with Crippen LogP contribution in [0.4, 0.5) is 10.6 Å². The van der Waals surface area contributed by atoms with Gasteiger partial charge in [0, 0.05) is 12.2 Å². The first kappa shape index (κ1) is 33.2. The van der Waals surface area contributed by atoms with E-state index in [1.807, 2.05) is 60.7 Å². The van der Waals surface area contributed by atoms with E-state index in [4.69, 9.17) is 9.47 Å². The summed E-state index contributed by atoms with van der Waals surface area (Å²) in [5, 5.41) is 11.0. The fourth-order valence-corrected chi connectivity index (χ4v) is 4.36.